The van der Waals surface area contributed by atoms with E-state index < -0.39 is 0 Å². The lowest BCUT2D eigenvalue weighted by Gasteiger charge is -1.94. The van der Waals surface area contributed by atoms with Gasteiger partial charge in [-0.2, -0.15) is 0 Å². The molecule has 0 N–H and O–H groups in total. The molecule has 0 saturated heterocycles. The summed E-state index contributed by atoms with van der Waals surface area (Å²) in [5.41, 5.74) is 2.09. The van der Waals surface area contributed by atoms with Crippen molar-refractivity contribution in [1.29, 1.82) is 0 Å². The summed E-state index contributed by atoms with van der Waals surface area (Å²) in [4.78, 5) is 8.03. The lowest BCUT2D eigenvalue weighted by atomic mass is 10.3. The zero-order chi connectivity index (χ0) is 6.97. The molecule has 1 aliphatic heterocycles. The predicted molar refractivity (Wildman–Crippen MR) is 38.2 cm³/mol. The Morgan fingerprint density at radius 1 is 1.40 bits per heavy atom. The highest BCUT2D eigenvalue weighted by atomic mass is 79.9. The van der Waals surface area contributed by atoms with E-state index >= 15 is 0 Å². The number of nitrogens with zero attached hydrogens (tertiary/aromatic N) is 2. The van der Waals surface area contributed by atoms with Gasteiger partial charge in [0, 0.05) is 5.56 Å². The highest BCUT2D eigenvalue weighted by Crippen LogP contribution is 2.22. The quantitative estimate of drug-likeness (QED) is 0.593. The van der Waals surface area contributed by atoms with Gasteiger partial charge in [0.15, 0.2) is 0 Å². The van der Waals surface area contributed by atoms with Crippen LogP contribution in [0.5, 0.6) is 0 Å². The van der Waals surface area contributed by atoms with Crippen molar-refractivity contribution in [2.24, 2.45) is 0 Å². The Bertz CT molecular complexity index is 264. The molecule has 0 radical (unpaired) electrons. The molecule has 10 heavy (non-hydrogen) atoms. The first-order valence-electron chi connectivity index (χ1n) is 2.94. The summed E-state index contributed by atoms with van der Waals surface area (Å²) >= 11 is 3.32. The molecule has 0 aromatic carbocycles. The van der Waals surface area contributed by atoms with Crippen LogP contribution in [0.4, 0.5) is 0 Å². The van der Waals surface area contributed by atoms with Gasteiger partial charge in [0.25, 0.3) is 0 Å². The van der Waals surface area contributed by atoms with Crippen LogP contribution in [0.25, 0.3) is 0 Å². The second kappa shape index (κ2) is 2.29. The normalized spacial score (nSPS) is 15.3. The molecular weight excluding hydrogens is 196 g/mol. The Kier molecular flexibility index (Phi) is 1.43. The van der Waals surface area contributed by atoms with Crippen LogP contribution in [0.15, 0.2) is 10.9 Å². The summed E-state index contributed by atoms with van der Waals surface area (Å²) < 4.78 is 6.02. The van der Waals surface area contributed by atoms with Crippen molar-refractivity contribution in [1.82, 2.24) is 9.97 Å². The van der Waals surface area contributed by atoms with E-state index in [1.54, 1.807) is 0 Å². The third kappa shape index (κ3) is 0.839. The first-order chi connectivity index (χ1) is 4.88. The molecule has 0 atom stereocenters. The molecule has 1 aliphatic rings. The van der Waals surface area contributed by atoms with E-state index in [0.717, 1.165) is 15.9 Å². The van der Waals surface area contributed by atoms with Gasteiger partial charge in [-0.3, -0.25) is 0 Å². The van der Waals surface area contributed by atoms with Crippen LogP contribution in [0.3, 0.4) is 0 Å². The van der Waals surface area contributed by atoms with Gasteiger partial charge < -0.3 is 4.74 Å². The molecule has 2 rings (SSSR count). The molecule has 1 aromatic rings. The van der Waals surface area contributed by atoms with Gasteiger partial charge in [0.1, 0.15) is 10.9 Å². The first-order valence-corrected chi connectivity index (χ1v) is 3.73. The molecule has 0 aliphatic carbocycles. The van der Waals surface area contributed by atoms with Crippen molar-refractivity contribution in [3.8, 4) is 0 Å². The molecule has 0 unspecified atom stereocenters. The average Bonchev–Trinajstić information content (AvgIpc) is 2.36. The number of rotatable bonds is 0. The van der Waals surface area contributed by atoms with Gasteiger partial charge in [-0.05, 0) is 15.9 Å². The number of hydrogen-bond acceptors (Lipinski definition) is 3. The molecule has 0 fully saturated rings. The Balaban J connectivity index is 2.59. The Labute approximate surface area is 66.6 Å². The standard InChI is InChI=1S/C6H5BrN2O/c7-6-4-1-10-2-5(4)8-3-9-6/h3H,1-2H2. The van der Waals surface area contributed by atoms with E-state index in [0.29, 0.717) is 13.2 Å². The van der Waals surface area contributed by atoms with Crippen LogP contribution >= 0.6 is 15.9 Å². The maximum absolute atomic E-state index is 5.16. The van der Waals surface area contributed by atoms with Gasteiger partial charge in [0.05, 0.1) is 18.9 Å². The highest BCUT2D eigenvalue weighted by Gasteiger charge is 2.15. The fourth-order valence-corrected chi connectivity index (χ4v) is 1.38. The van der Waals surface area contributed by atoms with Crippen LogP contribution in [-0.4, -0.2) is 9.97 Å². The van der Waals surface area contributed by atoms with Crippen LogP contribution in [0.1, 0.15) is 11.3 Å². The molecule has 4 heteroatoms. The van der Waals surface area contributed by atoms with Crippen molar-refractivity contribution in [2.45, 2.75) is 13.2 Å². The number of fused-ring (bicyclic) bond motifs is 1. The predicted octanol–water partition coefficient (Wildman–Crippen LogP) is 1.27. The van der Waals surface area contributed by atoms with Gasteiger partial charge in [0.2, 0.25) is 0 Å². The SMILES string of the molecule is Brc1ncnc2c1COC2. The van der Waals surface area contributed by atoms with E-state index in [-0.39, 0.29) is 0 Å². The second-order valence-electron chi connectivity index (χ2n) is 2.08. The summed E-state index contributed by atoms with van der Waals surface area (Å²) in [7, 11) is 0. The molecular formula is C6H5BrN2O. The molecule has 1 aromatic heterocycles. The smallest absolute Gasteiger partial charge is 0.117 e. The molecule has 0 saturated carbocycles. The first kappa shape index (κ1) is 6.24. The van der Waals surface area contributed by atoms with Crippen molar-refractivity contribution in [2.75, 3.05) is 0 Å². The van der Waals surface area contributed by atoms with E-state index in [9.17, 15) is 0 Å². The van der Waals surface area contributed by atoms with Gasteiger partial charge in [-0.1, -0.05) is 0 Å². The summed E-state index contributed by atoms with van der Waals surface area (Å²) in [6.45, 7) is 1.26. The lowest BCUT2D eigenvalue weighted by molar-refractivity contribution is 0.133. The highest BCUT2D eigenvalue weighted by molar-refractivity contribution is 9.10. The minimum Gasteiger partial charge on any atom is -0.370 e. The average molecular weight is 201 g/mol. The van der Waals surface area contributed by atoms with Crippen molar-refractivity contribution in [3.63, 3.8) is 0 Å². The molecule has 0 amide bonds. The van der Waals surface area contributed by atoms with Gasteiger partial charge >= 0.3 is 0 Å². The van der Waals surface area contributed by atoms with Crippen molar-refractivity contribution < 1.29 is 4.74 Å². The summed E-state index contributed by atoms with van der Waals surface area (Å²) in [6, 6.07) is 0. The molecule has 0 spiro atoms. The van der Waals surface area contributed by atoms with E-state index in [1.165, 1.54) is 6.33 Å². The zero-order valence-corrected chi connectivity index (χ0v) is 6.76. The van der Waals surface area contributed by atoms with Crippen LogP contribution in [0.2, 0.25) is 0 Å². The summed E-state index contributed by atoms with van der Waals surface area (Å²) in [5, 5.41) is 0. The zero-order valence-electron chi connectivity index (χ0n) is 5.17. The Hall–Kier alpha value is -0.480. The molecule has 52 valence electrons. The largest absolute Gasteiger partial charge is 0.370 e. The monoisotopic (exact) mass is 200 g/mol. The Morgan fingerprint density at radius 3 is 3.10 bits per heavy atom. The third-order valence-electron chi connectivity index (χ3n) is 1.47. The van der Waals surface area contributed by atoms with Gasteiger partial charge in [-0.15, -0.1) is 0 Å². The van der Waals surface area contributed by atoms with Crippen LogP contribution in [-0.2, 0) is 18.0 Å². The Morgan fingerprint density at radius 2 is 2.30 bits per heavy atom. The summed E-state index contributed by atoms with van der Waals surface area (Å²) in [6.07, 6.45) is 1.54. The van der Waals surface area contributed by atoms with Crippen LogP contribution < -0.4 is 0 Å². The number of hydrogen-bond donors (Lipinski definition) is 0. The molecule has 2 heterocycles. The van der Waals surface area contributed by atoms with Crippen molar-refractivity contribution >= 4 is 15.9 Å². The van der Waals surface area contributed by atoms with Crippen molar-refractivity contribution in [3.05, 3.63) is 22.2 Å². The van der Waals surface area contributed by atoms with Crippen LogP contribution in [0, 0.1) is 0 Å². The lowest BCUT2D eigenvalue weighted by Crippen LogP contribution is -1.90. The van der Waals surface area contributed by atoms with E-state index in [1.807, 2.05) is 0 Å². The van der Waals surface area contributed by atoms with E-state index in [2.05, 4.69) is 25.9 Å². The fourth-order valence-electron chi connectivity index (χ4n) is 0.941. The maximum atomic E-state index is 5.16. The molecule has 0 bridgehead atoms. The molecule has 3 nitrogen and oxygen atoms in total. The second-order valence-corrected chi connectivity index (χ2v) is 2.83. The number of aromatic nitrogens is 2. The minimum absolute atomic E-state index is 0.621. The topological polar surface area (TPSA) is 35.0 Å². The number of halogens is 1. The minimum atomic E-state index is 0.621. The number of ether oxygens (including phenoxy) is 1. The van der Waals surface area contributed by atoms with Gasteiger partial charge in [-0.25, -0.2) is 9.97 Å². The third-order valence-corrected chi connectivity index (χ3v) is 2.15. The fraction of sp³-hybridized carbons (Fsp3) is 0.333. The maximum Gasteiger partial charge on any atom is 0.117 e. The van der Waals surface area contributed by atoms with E-state index in [4.69, 9.17) is 4.74 Å². The summed E-state index contributed by atoms with van der Waals surface area (Å²) in [5.74, 6) is 0.